The second kappa shape index (κ2) is 7.78. The predicted octanol–water partition coefficient (Wildman–Crippen LogP) is 3.41. The summed E-state index contributed by atoms with van der Waals surface area (Å²) in [6, 6.07) is 9.87. The number of carbonyl (C=O) groups is 3. The fourth-order valence-electron chi connectivity index (χ4n) is 2.85. The van der Waals surface area contributed by atoms with Gasteiger partial charge < -0.3 is 5.32 Å². The van der Waals surface area contributed by atoms with Crippen molar-refractivity contribution in [1.82, 2.24) is 9.88 Å². The molecule has 1 aliphatic rings. The van der Waals surface area contributed by atoms with E-state index in [2.05, 4.69) is 24.1 Å². The average Bonchev–Trinajstić information content (AvgIpc) is 3.18. The molecule has 1 fully saturated rings. The molecule has 6 nitrogen and oxygen atoms in total. The molecule has 3 amide bonds. The monoisotopic (exact) mass is 371 g/mol. The Morgan fingerprint density at radius 2 is 1.85 bits per heavy atom. The van der Waals surface area contributed by atoms with Gasteiger partial charge in [0.05, 0.1) is 5.69 Å². The Bertz CT molecular complexity index is 814. The molecule has 0 aliphatic carbocycles. The van der Waals surface area contributed by atoms with Gasteiger partial charge in [-0.3, -0.25) is 19.3 Å². The Morgan fingerprint density at radius 1 is 1.19 bits per heavy atom. The Morgan fingerprint density at radius 3 is 2.46 bits per heavy atom. The first-order valence-corrected chi connectivity index (χ1v) is 9.46. The van der Waals surface area contributed by atoms with Gasteiger partial charge in [0.1, 0.15) is 0 Å². The second-order valence-electron chi connectivity index (χ2n) is 6.49. The van der Waals surface area contributed by atoms with Gasteiger partial charge in [-0.05, 0) is 5.92 Å². The molecule has 0 saturated carbocycles. The lowest BCUT2D eigenvalue weighted by atomic mass is 10.1. The van der Waals surface area contributed by atoms with Crippen LogP contribution in [0.1, 0.15) is 43.9 Å². The summed E-state index contributed by atoms with van der Waals surface area (Å²) in [5.41, 5.74) is 1.90. The van der Waals surface area contributed by atoms with Crippen LogP contribution in [0.4, 0.5) is 5.13 Å². The van der Waals surface area contributed by atoms with Gasteiger partial charge in [0.15, 0.2) is 5.13 Å². The van der Waals surface area contributed by atoms with Gasteiger partial charge in [0, 0.05) is 36.2 Å². The van der Waals surface area contributed by atoms with Gasteiger partial charge in [-0.15, -0.1) is 11.3 Å². The molecular weight excluding hydrogens is 350 g/mol. The van der Waals surface area contributed by atoms with E-state index in [0.717, 1.165) is 21.0 Å². The van der Waals surface area contributed by atoms with E-state index in [0.29, 0.717) is 5.13 Å². The molecule has 1 aromatic heterocycles. The van der Waals surface area contributed by atoms with Crippen LogP contribution in [0, 0.1) is 0 Å². The molecule has 26 heavy (non-hydrogen) atoms. The first-order chi connectivity index (χ1) is 12.5. The molecule has 0 bridgehead atoms. The average molecular weight is 371 g/mol. The molecule has 7 heteroatoms. The highest BCUT2D eigenvalue weighted by Crippen LogP contribution is 2.36. The predicted molar refractivity (Wildman–Crippen MR) is 101 cm³/mol. The van der Waals surface area contributed by atoms with Crippen molar-refractivity contribution in [2.75, 3.05) is 11.9 Å². The van der Waals surface area contributed by atoms with Crippen molar-refractivity contribution in [2.45, 2.75) is 39.0 Å². The molecule has 1 aliphatic heterocycles. The molecular formula is C19H21N3O3S. The Kier molecular flexibility index (Phi) is 5.46. The van der Waals surface area contributed by atoms with E-state index in [4.69, 9.17) is 0 Å². The van der Waals surface area contributed by atoms with Crippen LogP contribution in [-0.2, 0) is 14.4 Å². The molecule has 2 heterocycles. The Balaban J connectivity index is 1.69. The van der Waals surface area contributed by atoms with Crippen molar-refractivity contribution in [1.29, 1.82) is 0 Å². The van der Waals surface area contributed by atoms with Gasteiger partial charge in [-0.25, -0.2) is 4.98 Å². The minimum absolute atomic E-state index is 0.0781. The van der Waals surface area contributed by atoms with E-state index >= 15 is 0 Å². The molecule has 0 atom stereocenters. The Hall–Kier alpha value is -2.54. The number of carbonyl (C=O) groups excluding carboxylic acids is 3. The van der Waals surface area contributed by atoms with Crippen molar-refractivity contribution < 1.29 is 14.4 Å². The fraction of sp³-hybridized carbons (Fsp3) is 0.368. The van der Waals surface area contributed by atoms with Crippen LogP contribution in [0.2, 0.25) is 0 Å². The molecule has 1 N–H and O–H groups in total. The highest BCUT2D eigenvalue weighted by Gasteiger charge is 2.29. The maximum atomic E-state index is 12.2. The fourth-order valence-corrected chi connectivity index (χ4v) is 3.85. The number of amides is 3. The van der Waals surface area contributed by atoms with Crippen LogP contribution in [0.25, 0.3) is 11.3 Å². The molecule has 3 rings (SSSR count). The molecule has 1 aromatic carbocycles. The molecule has 2 aromatic rings. The van der Waals surface area contributed by atoms with Crippen molar-refractivity contribution in [3.8, 4) is 11.3 Å². The number of likely N-dealkylation sites (tertiary alicyclic amines) is 1. The van der Waals surface area contributed by atoms with Gasteiger partial charge in [-0.2, -0.15) is 0 Å². The minimum atomic E-state index is -0.249. The molecule has 0 spiro atoms. The van der Waals surface area contributed by atoms with Crippen LogP contribution < -0.4 is 5.32 Å². The quantitative estimate of drug-likeness (QED) is 0.789. The summed E-state index contributed by atoms with van der Waals surface area (Å²) in [7, 11) is 0. The number of hydrogen-bond acceptors (Lipinski definition) is 5. The number of hydrogen-bond donors (Lipinski definition) is 1. The van der Waals surface area contributed by atoms with Gasteiger partial charge in [0.25, 0.3) is 0 Å². The first-order valence-electron chi connectivity index (χ1n) is 8.65. The zero-order chi connectivity index (χ0) is 18.7. The van der Waals surface area contributed by atoms with Gasteiger partial charge in [-0.1, -0.05) is 44.2 Å². The normalized spacial score (nSPS) is 14.3. The van der Waals surface area contributed by atoms with E-state index in [-0.39, 0.29) is 49.4 Å². The largest absolute Gasteiger partial charge is 0.302 e. The number of anilines is 1. The van der Waals surface area contributed by atoms with E-state index < -0.39 is 0 Å². The highest BCUT2D eigenvalue weighted by molar-refractivity contribution is 7.16. The van der Waals surface area contributed by atoms with Crippen molar-refractivity contribution in [2.24, 2.45) is 0 Å². The standard InChI is InChI=1S/C19H21N3O3S/c1-12(2)18-17(13-6-4-3-5-7-13)21-19(26-18)20-14(23)10-11-22-15(24)8-9-16(22)25/h3-7,12H,8-11H2,1-2H3,(H,20,21,23). The second-order valence-corrected chi connectivity index (χ2v) is 7.52. The molecule has 0 radical (unpaired) electrons. The zero-order valence-electron chi connectivity index (χ0n) is 14.8. The summed E-state index contributed by atoms with van der Waals surface area (Å²) in [5, 5.41) is 3.34. The van der Waals surface area contributed by atoms with Crippen molar-refractivity contribution in [3.05, 3.63) is 35.2 Å². The molecule has 1 saturated heterocycles. The van der Waals surface area contributed by atoms with Gasteiger partial charge >= 0.3 is 0 Å². The van der Waals surface area contributed by atoms with Crippen LogP contribution in [0.15, 0.2) is 30.3 Å². The first kappa shape index (κ1) is 18.3. The van der Waals surface area contributed by atoms with Crippen molar-refractivity contribution >= 4 is 34.2 Å². The lowest BCUT2D eigenvalue weighted by Crippen LogP contribution is -2.32. The van der Waals surface area contributed by atoms with Crippen LogP contribution in [-0.4, -0.2) is 34.2 Å². The third-order valence-electron chi connectivity index (χ3n) is 4.19. The summed E-state index contributed by atoms with van der Waals surface area (Å²) in [6.45, 7) is 4.31. The summed E-state index contributed by atoms with van der Waals surface area (Å²) in [6.07, 6.45) is 0.560. The lowest BCUT2D eigenvalue weighted by molar-refractivity contribution is -0.138. The van der Waals surface area contributed by atoms with E-state index in [9.17, 15) is 14.4 Å². The number of rotatable bonds is 6. The zero-order valence-corrected chi connectivity index (χ0v) is 15.6. The minimum Gasteiger partial charge on any atom is -0.302 e. The number of benzene rings is 1. The molecule has 136 valence electrons. The number of aromatic nitrogens is 1. The van der Waals surface area contributed by atoms with E-state index in [1.165, 1.54) is 11.3 Å². The van der Waals surface area contributed by atoms with Crippen LogP contribution >= 0.6 is 11.3 Å². The maximum absolute atomic E-state index is 12.2. The van der Waals surface area contributed by atoms with Crippen LogP contribution in [0.5, 0.6) is 0 Å². The summed E-state index contributed by atoms with van der Waals surface area (Å²) >= 11 is 1.46. The van der Waals surface area contributed by atoms with Crippen molar-refractivity contribution in [3.63, 3.8) is 0 Å². The van der Waals surface area contributed by atoms with E-state index in [1.807, 2.05) is 30.3 Å². The topological polar surface area (TPSA) is 79.4 Å². The lowest BCUT2D eigenvalue weighted by Gasteiger charge is -2.12. The highest BCUT2D eigenvalue weighted by atomic mass is 32.1. The Labute approximate surface area is 156 Å². The van der Waals surface area contributed by atoms with Crippen LogP contribution in [0.3, 0.4) is 0 Å². The number of nitrogens with one attached hydrogen (secondary N) is 1. The summed E-state index contributed by atoms with van der Waals surface area (Å²) < 4.78 is 0. The number of nitrogens with zero attached hydrogens (tertiary/aromatic N) is 2. The third-order valence-corrected chi connectivity index (χ3v) is 5.46. The smallest absolute Gasteiger partial charge is 0.229 e. The summed E-state index contributed by atoms with van der Waals surface area (Å²) in [4.78, 5) is 42.3. The van der Waals surface area contributed by atoms with Gasteiger partial charge in [0.2, 0.25) is 17.7 Å². The summed E-state index contributed by atoms with van der Waals surface area (Å²) in [5.74, 6) is -0.370. The number of imide groups is 1. The third kappa shape index (κ3) is 3.99. The van der Waals surface area contributed by atoms with E-state index in [1.54, 1.807) is 0 Å². The molecule has 0 unspecified atom stereocenters. The number of thiazole rings is 1. The SMILES string of the molecule is CC(C)c1sc(NC(=O)CCN2C(=O)CCC2=O)nc1-c1ccccc1. The maximum Gasteiger partial charge on any atom is 0.229 e.